The Hall–Kier alpha value is -0.550. The van der Waals surface area contributed by atoms with Gasteiger partial charge in [-0.3, -0.25) is 0 Å². The van der Waals surface area contributed by atoms with Crippen molar-refractivity contribution < 1.29 is 5.11 Å². The van der Waals surface area contributed by atoms with Gasteiger partial charge >= 0.3 is 0 Å². The predicted octanol–water partition coefficient (Wildman–Crippen LogP) is 4.54. The van der Waals surface area contributed by atoms with Crippen molar-refractivity contribution in [3.63, 3.8) is 0 Å². The van der Waals surface area contributed by atoms with Gasteiger partial charge in [-0.1, -0.05) is 55.7 Å². The van der Waals surface area contributed by atoms with Crippen LogP contribution in [0.1, 0.15) is 27.2 Å². The number of hydrogen-bond acceptors (Lipinski definition) is 4. The van der Waals surface area contributed by atoms with E-state index < -0.39 is 0 Å². The van der Waals surface area contributed by atoms with E-state index in [4.69, 9.17) is 23.2 Å². The molecule has 0 amide bonds. The van der Waals surface area contributed by atoms with Crippen LogP contribution in [0.4, 0.5) is 0 Å². The number of aliphatic hydroxyl groups excluding tert-OH is 1. The molecule has 1 unspecified atom stereocenters. The molecule has 1 atom stereocenters. The van der Waals surface area contributed by atoms with Gasteiger partial charge in [-0.05, 0) is 30.5 Å². The molecule has 0 spiro atoms. The fourth-order valence-electron chi connectivity index (χ4n) is 2.64. The first-order valence-electron chi connectivity index (χ1n) is 7.48. The van der Waals surface area contributed by atoms with Crippen molar-refractivity contribution in [2.45, 2.75) is 38.3 Å². The molecule has 22 heavy (non-hydrogen) atoms. The molecule has 0 bridgehead atoms. The Bertz CT molecular complexity index is 543. The molecule has 1 heterocycles. The zero-order chi connectivity index (χ0) is 16.3. The Morgan fingerprint density at radius 3 is 2.41 bits per heavy atom. The van der Waals surface area contributed by atoms with Crippen molar-refractivity contribution in [3.8, 4) is 0 Å². The Kier molecular flexibility index (Phi) is 6.33. The Morgan fingerprint density at radius 1 is 1.27 bits per heavy atom. The van der Waals surface area contributed by atoms with Crippen molar-refractivity contribution in [2.75, 3.05) is 13.2 Å². The lowest BCUT2D eigenvalue weighted by atomic mass is 10.1. The van der Waals surface area contributed by atoms with Crippen molar-refractivity contribution in [1.82, 2.24) is 10.2 Å². The van der Waals surface area contributed by atoms with Gasteiger partial charge in [-0.15, -0.1) is 0 Å². The Morgan fingerprint density at radius 2 is 1.91 bits per heavy atom. The topological polar surface area (TPSA) is 35.5 Å². The quantitative estimate of drug-likeness (QED) is 0.780. The van der Waals surface area contributed by atoms with E-state index in [0.29, 0.717) is 16.0 Å². The maximum Gasteiger partial charge on any atom is 0.123 e. The van der Waals surface area contributed by atoms with E-state index in [2.05, 4.69) is 31.0 Å². The predicted molar refractivity (Wildman–Crippen MR) is 95.2 cm³/mol. The lowest BCUT2D eigenvalue weighted by Crippen LogP contribution is -2.41. The summed E-state index contributed by atoms with van der Waals surface area (Å²) < 4.78 is 0. The molecule has 0 saturated heterocycles. The first-order chi connectivity index (χ1) is 10.5. The van der Waals surface area contributed by atoms with Crippen LogP contribution in [-0.4, -0.2) is 29.3 Å². The van der Waals surface area contributed by atoms with Gasteiger partial charge in [0.25, 0.3) is 0 Å². The number of benzene rings is 1. The molecule has 2 N–H and O–H groups in total. The molecule has 6 heteroatoms. The molecular weight excluding hydrogens is 339 g/mol. The third-order valence-electron chi connectivity index (χ3n) is 3.46. The standard InChI is InChI=1S/C16H22Cl2N2OS/c1-4-5-20-14(9-21)19-16(15(20)10(2)3)22-13-7-11(17)6-12(18)8-13/h6-8,10,14,19,21H,4-5,9H2,1-3H3. The van der Waals surface area contributed by atoms with E-state index in [0.717, 1.165) is 22.9 Å². The first kappa shape index (κ1) is 17.8. The molecule has 122 valence electrons. The molecule has 0 radical (unpaired) electrons. The third-order valence-corrected chi connectivity index (χ3v) is 4.90. The lowest BCUT2D eigenvalue weighted by molar-refractivity contribution is 0.148. The molecule has 0 saturated carbocycles. The SMILES string of the molecule is CCCN1C(C(C)C)=C(Sc2cc(Cl)cc(Cl)c2)NC1CO. The minimum atomic E-state index is -0.0606. The van der Waals surface area contributed by atoms with Crippen LogP contribution < -0.4 is 5.32 Å². The summed E-state index contributed by atoms with van der Waals surface area (Å²) in [7, 11) is 0. The minimum absolute atomic E-state index is 0.0606. The average Bonchev–Trinajstić information content (AvgIpc) is 2.75. The second-order valence-electron chi connectivity index (χ2n) is 5.61. The smallest absolute Gasteiger partial charge is 0.123 e. The monoisotopic (exact) mass is 360 g/mol. The molecule has 0 aromatic heterocycles. The molecule has 3 nitrogen and oxygen atoms in total. The van der Waals surface area contributed by atoms with Crippen LogP contribution in [0.5, 0.6) is 0 Å². The van der Waals surface area contributed by atoms with Crippen molar-refractivity contribution in [3.05, 3.63) is 39.0 Å². The molecule has 1 aromatic carbocycles. The summed E-state index contributed by atoms with van der Waals surface area (Å²) in [5.74, 6) is 0.368. The fraction of sp³-hybridized carbons (Fsp3) is 0.500. The van der Waals surface area contributed by atoms with Crippen LogP contribution >= 0.6 is 35.0 Å². The van der Waals surface area contributed by atoms with Crippen LogP contribution in [0.25, 0.3) is 0 Å². The van der Waals surface area contributed by atoms with Crippen LogP contribution in [0.15, 0.2) is 33.8 Å². The highest BCUT2D eigenvalue weighted by atomic mass is 35.5. The highest BCUT2D eigenvalue weighted by Gasteiger charge is 2.32. The first-order valence-corrected chi connectivity index (χ1v) is 9.05. The molecule has 0 aliphatic carbocycles. The van der Waals surface area contributed by atoms with Crippen molar-refractivity contribution in [1.29, 1.82) is 0 Å². The van der Waals surface area contributed by atoms with Gasteiger partial charge < -0.3 is 15.3 Å². The highest BCUT2D eigenvalue weighted by Crippen LogP contribution is 2.38. The molecule has 1 aliphatic rings. The van der Waals surface area contributed by atoms with Crippen LogP contribution in [0, 0.1) is 5.92 Å². The zero-order valence-electron chi connectivity index (χ0n) is 13.1. The third kappa shape index (κ3) is 4.05. The number of nitrogens with one attached hydrogen (secondary N) is 1. The normalized spacial score (nSPS) is 18.3. The Labute approximate surface area is 146 Å². The van der Waals surface area contributed by atoms with Crippen molar-refractivity contribution in [2.24, 2.45) is 5.92 Å². The number of halogens is 2. The summed E-state index contributed by atoms with van der Waals surface area (Å²) in [5, 5.41) is 15.4. The molecule has 1 aliphatic heterocycles. The van der Waals surface area contributed by atoms with Crippen LogP contribution in [-0.2, 0) is 0 Å². The van der Waals surface area contributed by atoms with E-state index in [1.54, 1.807) is 17.8 Å². The number of rotatable bonds is 6. The summed E-state index contributed by atoms with van der Waals surface area (Å²) in [6, 6.07) is 5.54. The second kappa shape index (κ2) is 7.82. The molecular formula is C16H22Cl2N2OS. The van der Waals surface area contributed by atoms with Gasteiger partial charge in [0.05, 0.1) is 11.6 Å². The maximum atomic E-state index is 9.65. The molecule has 0 fully saturated rings. The van der Waals surface area contributed by atoms with Gasteiger partial charge in [0.2, 0.25) is 0 Å². The summed E-state index contributed by atoms with van der Waals surface area (Å²) >= 11 is 13.8. The second-order valence-corrected chi connectivity index (χ2v) is 7.57. The summed E-state index contributed by atoms with van der Waals surface area (Å²) in [5.41, 5.74) is 1.24. The van der Waals surface area contributed by atoms with Crippen LogP contribution in [0.3, 0.4) is 0 Å². The Balaban J connectivity index is 2.32. The number of aliphatic hydroxyl groups is 1. The summed E-state index contributed by atoms with van der Waals surface area (Å²) in [4.78, 5) is 3.26. The van der Waals surface area contributed by atoms with Gasteiger partial charge in [-0.2, -0.15) is 0 Å². The van der Waals surface area contributed by atoms with Gasteiger partial charge in [0.1, 0.15) is 6.17 Å². The highest BCUT2D eigenvalue weighted by molar-refractivity contribution is 8.03. The van der Waals surface area contributed by atoms with E-state index in [-0.39, 0.29) is 12.8 Å². The lowest BCUT2D eigenvalue weighted by Gasteiger charge is -2.29. The molecule has 2 rings (SSSR count). The minimum Gasteiger partial charge on any atom is -0.392 e. The van der Waals surface area contributed by atoms with E-state index in [1.165, 1.54) is 5.70 Å². The van der Waals surface area contributed by atoms with Gasteiger partial charge in [0.15, 0.2) is 0 Å². The average molecular weight is 361 g/mol. The zero-order valence-corrected chi connectivity index (χ0v) is 15.4. The summed E-state index contributed by atoms with van der Waals surface area (Å²) in [6.45, 7) is 7.49. The molecule has 1 aromatic rings. The number of hydrogen-bond donors (Lipinski definition) is 2. The van der Waals surface area contributed by atoms with Crippen molar-refractivity contribution >= 4 is 35.0 Å². The van der Waals surface area contributed by atoms with E-state index in [1.807, 2.05) is 12.1 Å². The number of nitrogens with zero attached hydrogens (tertiary/aromatic N) is 1. The number of thioether (sulfide) groups is 1. The van der Waals surface area contributed by atoms with E-state index in [9.17, 15) is 5.11 Å². The fourth-order valence-corrected chi connectivity index (χ4v) is 4.56. The van der Waals surface area contributed by atoms with E-state index >= 15 is 0 Å². The van der Waals surface area contributed by atoms with Crippen LogP contribution in [0.2, 0.25) is 10.0 Å². The summed E-state index contributed by atoms with van der Waals surface area (Å²) in [6.07, 6.45) is 0.976. The largest absolute Gasteiger partial charge is 0.392 e. The van der Waals surface area contributed by atoms with Gasteiger partial charge in [-0.25, -0.2) is 0 Å². The maximum absolute atomic E-state index is 9.65. The van der Waals surface area contributed by atoms with Gasteiger partial charge in [0, 0.05) is 27.2 Å². The number of allylic oxidation sites excluding steroid dienone is 1.